The van der Waals surface area contributed by atoms with E-state index in [2.05, 4.69) is 0 Å². The SMILES string of the molecule is COc1ccc2[o+]c(CC(=O)c3ccccc3)ccc2c1.[O-][Cl+3]([O-])([O-])[O-]. The summed E-state index contributed by atoms with van der Waals surface area (Å²) in [6, 6.07) is 18.6. The fourth-order valence-corrected chi connectivity index (χ4v) is 2.21. The molecule has 7 nitrogen and oxygen atoms in total. The number of carbonyl (C=O) groups excluding carboxylic acids is 1. The van der Waals surface area contributed by atoms with Crippen molar-refractivity contribution in [2.24, 2.45) is 0 Å². The summed E-state index contributed by atoms with van der Waals surface area (Å²) < 4.78 is 44.9. The number of ketones is 1. The number of methoxy groups -OCH3 is 1. The Kier molecular flexibility index (Phi) is 6.62. The topological polar surface area (TPSA) is 130 Å². The van der Waals surface area contributed by atoms with Gasteiger partial charge in [0.05, 0.1) is 12.5 Å². The van der Waals surface area contributed by atoms with Crippen LogP contribution in [0.1, 0.15) is 16.1 Å². The Hall–Kier alpha value is -2.55. The van der Waals surface area contributed by atoms with Crippen LogP contribution in [0.3, 0.4) is 0 Å². The molecular weight excluding hydrogens is 364 g/mol. The Balaban J connectivity index is 0.000000431. The van der Waals surface area contributed by atoms with Gasteiger partial charge in [-0.2, -0.15) is 0 Å². The second-order valence-corrected chi connectivity index (χ2v) is 5.91. The fourth-order valence-electron chi connectivity index (χ4n) is 2.21. The van der Waals surface area contributed by atoms with Crippen LogP contribution in [-0.2, 0) is 6.42 Å². The molecule has 8 heteroatoms. The third-order valence-electron chi connectivity index (χ3n) is 3.34. The first kappa shape index (κ1) is 19.8. The molecule has 0 bridgehead atoms. The number of halogens is 1. The van der Waals surface area contributed by atoms with E-state index in [1.165, 1.54) is 0 Å². The van der Waals surface area contributed by atoms with Crippen LogP contribution in [0.15, 0.2) is 65.1 Å². The molecule has 0 saturated heterocycles. The highest BCUT2D eigenvalue weighted by atomic mass is 35.7. The third-order valence-corrected chi connectivity index (χ3v) is 3.34. The van der Waals surface area contributed by atoms with Crippen LogP contribution in [0.4, 0.5) is 0 Å². The molecule has 0 saturated carbocycles. The van der Waals surface area contributed by atoms with Gasteiger partial charge in [0.1, 0.15) is 12.2 Å². The average molecular weight is 379 g/mol. The van der Waals surface area contributed by atoms with E-state index in [-0.39, 0.29) is 12.2 Å². The molecule has 0 aliphatic rings. The maximum Gasteiger partial charge on any atom is 0.360 e. The minimum atomic E-state index is -4.94. The summed E-state index contributed by atoms with van der Waals surface area (Å²) in [5.41, 5.74) is 1.44. The first-order valence-corrected chi connectivity index (χ1v) is 8.59. The molecule has 1 aromatic heterocycles. The lowest BCUT2D eigenvalue weighted by Crippen LogP contribution is -2.68. The van der Waals surface area contributed by atoms with E-state index in [9.17, 15) is 4.79 Å². The summed E-state index contributed by atoms with van der Waals surface area (Å²) in [5, 5.41) is 0.949. The zero-order valence-corrected chi connectivity index (χ0v) is 14.5. The Bertz CT molecular complexity index is 870. The van der Waals surface area contributed by atoms with Gasteiger partial charge < -0.3 is 4.74 Å². The first-order valence-electron chi connectivity index (χ1n) is 7.36. The Morgan fingerprint density at radius 2 is 1.65 bits per heavy atom. The lowest BCUT2D eigenvalue weighted by Gasteiger charge is -2.17. The van der Waals surface area contributed by atoms with Gasteiger partial charge in [0.2, 0.25) is 0 Å². The van der Waals surface area contributed by atoms with Gasteiger partial charge in [-0.15, -0.1) is 10.2 Å². The zero-order valence-electron chi connectivity index (χ0n) is 13.7. The number of carbonyl (C=O) groups is 1. The van der Waals surface area contributed by atoms with Crippen molar-refractivity contribution >= 4 is 16.8 Å². The minimum Gasteiger partial charge on any atom is -0.497 e. The second kappa shape index (κ2) is 8.70. The largest absolute Gasteiger partial charge is 0.497 e. The molecule has 0 N–H and O–H groups in total. The number of hydrogen-bond donors (Lipinski definition) is 0. The van der Waals surface area contributed by atoms with Gasteiger partial charge in [-0.1, -0.05) is 30.3 Å². The Morgan fingerprint density at radius 1 is 1.00 bits per heavy atom. The molecule has 3 rings (SSSR count). The molecule has 26 heavy (non-hydrogen) atoms. The highest BCUT2D eigenvalue weighted by molar-refractivity contribution is 5.97. The van der Waals surface area contributed by atoms with E-state index in [0.29, 0.717) is 11.3 Å². The number of ether oxygens (including phenoxy) is 1. The summed E-state index contributed by atoms with van der Waals surface area (Å²) in [4.78, 5) is 12.2. The van der Waals surface area contributed by atoms with E-state index >= 15 is 0 Å². The van der Waals surface area contributed by atoms with Crippen LogP contribution < -0.4 is 23.4 Å². The standard InChI is InChI=1S/C18H15O3.ClHO4/c1-20-15-9-10-18-14(11-15)7-8-16(21-18)12-17(19)13-5-3-2-4-6-13;2-1(3,4)5/h2-11H,12H2,1H3;(H,2,3,4,5)/q+1;/p-1. The molecule has 0 aliphatic carbocycles. The van der Waals surface area contributed by atoms with Gasteiger partial charge in [0, 0.05) is 17.7 Å². The van der Waals surface area contributed by atoms with Crippen molar-refractivity contribution in [2.75, 3.05) is 7.11 Å². The molecule has 3 aromatic rings. The first-order chi connectivity index (χ1) is 12.3. The smallest absolute Gasteiger partial charge is 0.360 e. The molecule has 0 amide bonds. The van der Waals surface area contributed by atoms with Crippen LogP contribution in [0, 0.1) is 10.2 Å². The van der Waals surface area contributed by atoms with Crippen molar-refractivity contribution in [2.45, 2.75) is 6.42 Å². The van der Waals surface area contributed by atoms with Crippen molar-refractivity contribution in [3.8, 4) is 5.75 Å². The molecule has 0 radical (unpaired) electrons. The van der Waals surface area contributed by atoms with Crippen molar-refractivity contribution in [3.63, 3.8) is 0 Å². The number of hydrogen-bond acceptors (Lipinski definition) is 6. The molecule has 136 valence electrons. The highest BCUT2D eigenvalue weighted by Crippen LogP contribution is 2.22. The summed E-state index contributed by atoms with van der Waals surface area (Å²) in [6.45, 7) is 0. The lowest BCUT2D eigenvalue weighted by atomic mass is 10.1. The van der Waals surface area contributed by atoms with Crippen molar-refractivity contribution in [1.29, 1.82) is 0 Å². The summed E-state index contributed by atoms with van der Waals surface area (Å²) >= 11 is 0. The van der Waals surface area contributed by atoms with E-state index in [1.807, 2.05) is 60.7 Å². The van der Waals surface area contributed by atoms with Crippen LogP contribution in [-0.4, -0.2) is 12.9 Å². The fraction of sp³-hybridized carbons (Fsp3) is 0.111. The van der Waals surface area contributed by atoms with Gasteiger partial charge in [-0.05, 0) is 18.2 Å². The minimum absolute atomic E-state index is 0.0483. The van der Waals surface area contributed by atoms with Crippen LogP contribution in [0.2, 0.25) is 0 Å². The van der Waals surface area contributed by atoms with Crippen molar-refractivity contribution < 1.29 is 42.8 Å². The summed E-state index contributed by atoms with van der Waals surface area (Å²) in [5.74, 6) is 1.49. The van der Waals surface area contributed by atoms with E-state index in [0.717, 1.165) is 16.7 Å². The van der Waals surface area contributed by atoms with E-state index in [4.69, 9.17) is 27.8 Å². The molecule has 0 spiro atoms. The summed E-state index contributed by atoms with van der Waals surface area (Å²) in [7, 11) is -3.31. The average Bonchev–Trinajstić information content (AvgIpc) is 2.60. The Morgan fingerprint density at radius 3 is 2.27 bits per heavy atom. The highest BCUT2D eigenvalue weighted by Gasteiger charge is 2.17. The quantitative estimate of drug-likeness (QED) is 0.437. The molecule has 0 unspecified atom stereocenters. The third kappa shape index (κ3) is 6.40. The number of Topliss-reactive ketones (excluding diaryl/α,β-unsaturated/α-hetero) is 1. The van der Waals surface area contributed by atoms with Gasteiger partial charge in [0.15, 0.2) is 5.78 Å². The predicted molar refractivity (Wildman–Crippen MR) is 81.6 cm³/mol. The number of fused-ring (bicyclic) bond motifs is 1. The molecule has 0 atom stereocenters. The zero-order chi connectivity index (χ0) is 19.2. The molecule has 0 aliphatic heterocycles. The van der Waals surface area contributed by atoms with Gasteiger partial charge in [-0.3, -0.25) is 4.79 Å². The Labute approximate surface area is 151 Å². The van der Waals surface area contributed by atoms with Crippen LogP contribution in [0.5, 0.6) is 5.75 Å². The monoisotopic (exact) mass is 378 g/mol. The number of rotatable bonds is 4. The molecule has 1 heterocycles. The normalized spacial score (nSPS) is 10.8. The number of benzene rings is 2. The summed E-state index contributed by atoms with van der Waals surface area (Å²) in [6.07, 6.45) is 0.256. The van der Waals surface area contributed by atoms with Gasteiger partial charge in [0.25, 0.3) is 0 Å². The lowest BCUT2D eigenvalue weighted by molar-refractivity contribution is -2.00. The van der Waals surface area contributed by atoms with Crippen molar-refractivity contribution in [3.05, 3.63) is 72.0 Å². The molecule has 2 aromatic carbocycles. The van der Waals surface area contributed by atoms with Crippen LogP contribution >= 0.6 is 0 Å². The molecule has 0 fully saturated rings. The second-order valence-electron chi connectivity index (χ2n) is 5.15. The van der Waals surface area contributed by atoms with Gasteiger partial charge >= 0.3 is 11.3 Å². The van der Waals surface area contributed by atoms with E-state index in [1.54, 1.807) is 7.11 Å². The van der Waals surface area contributed by atoms with Crippen LogP contribution in [0.25, 0.3) is 11.0 Å². The van der Waals surface area contributed by atoms with E-state index < -0.39 is 10.2 Å². The van der Waals surface area contributed by atoms with Gasteiger partial charge in [-0.25, -0.2) is 23.1 Å². The molecular formula is C18H15ClO7. The maximum absolute atomic E-state index is 12.2. The maximum atomic E-state index is 12.2. The van der Waals surface area contributed by atoms with Crippen molar-refractivity contribution in [1.82, 2.24) is 0 Å². The predicted octanol–water partition coefficient (Wildman–Crippen LogP) is -0.608.